The third kappa shape index (κ3) is 7.06. The number of carboxylic acids is 1. The molecule has 9 nitrogen and oxygen atoms in total. The minimum atomic E-state index is -0.971. The molecule has 1 saturated carbocycles. The first kappa shape index (κ1) is 29.2. The molecule has 0 radical (unpaired) electrons. The lowest BCUT2D eigenvalue weighted by molar-refractivity contribution is -0.136. The highest BCUT2D eigenvalue weighted by Gasteiger charge is 2.39. The number of carbonyl (C=O) groups is 3. The molecule has 2 aliphatic rings. The van der Waals surface area contributed by atoms with E-state index in [9.17, 15) is 14.4 Å². The quantitative estimate of drug-likeness (QED) is 0.378. The van der Waals surface area contributed by atoms with Gasteiger partial charge in [-0.3, -0.25) is 9.59 Å². The molecule has 1 aliphatic carbocycles. The largest absolute Gasteiger partial charge is 0.497 e. The SMILES string of the molecule is COc1ccc(NC(=O)N(C2CCC(C(C)(C)C)CC2)C2CCOc3cc(C(=O)NCCC(=O)O)ccc32)cc1. The summed E-state index contributed by atoms with van der Waals surface area (Å²) in [5.74, 6) is 0.578. The number of hydrogen-bond acceptors (Lipinski definition) is 5. The molecule has 3 amide bonds. The molecule has 0 bridgehead atoms. The fourth-order valence-corrected chi connectivity index (χ4v) is 5.83. The number of anilines is 1. The number of methoxy groups -OCH3 is 1. The van der Waals surface area contributed by atoms with Crippen molar-refractivity contribution in [1.82, 2.24) is 10.2 Å². The zero-order valence-corrected chi connectivity index (χ0v) is 23.9. The van der Waals surface area contributed by atoms with Crippen molar-refractivity contribution in [2.75, 3.05) is 25.6 Å². The van der Waals surface area contributed by atoms with Crippen LogP contribution >= 0.6 is 0 Å². The van der Waals surface area contributed by atoms with E-state index in [1.54, 1.807) is 19.2 Å². The zero-order valence-electron chi connectivity index (χ0n) is 23.9. The number of hydrogen-bond donors (Lipinski definition) is 3. The van der Waals surface area contributed by atoms with Crippen LogP contribution in [0.5, 0.6) is 11.5 Å². The highest BCUT2D eigenvalue weighted by atomic mass is 16.5. The molecule has 1 fully saturated rings. The van der Waals surface area contributed by atoms with Crippen molar-refractivity contribution >= 4 is 23.6 Å². The average molecular weight is 552 g/mol. The third-order valence-electron chi connectivity index (χ3n) is 8.13. The Morgan fingerprint density at radius 2 is 1.73 bits per heavy atom. The van der Waals surface area contributed by atoms with Gasteiger partial charge in [-0.1, -0.05) is 26.8 Å². The molecule has 40 heavy (non-hydrogen) atoms. The van der Waals surface area contributed by atoms with E-state index in [1.807, 2.05) is 35.2 Å². The van der Waals surface area contributed by atoms with E-state index >= 15 is 0 Å². The van der Waals surface area contributed by atoms with Gasteiger partial charge in [0.15, 0.2) is 0 Å². The van der Waals surface area contributed by atoms with Crippen molar-refractivity contribution < 1.29 is 29.0 Å². The van der Waals surface area contributed by atoms with Gasteiger partial charge in [0.05, 0.1) is 26.2 Å². The summed E-state index contributed by atoms with van der Waals surface area (Å²) < 4.78 is 11.2. The van der Waals surface area contributed by atoms with E-state index in [0.29, 0.717) is 35.9 Å². The summed E-state index contributed by atoms with van der Waals surface area (Å²) in [5.41, 5.74) is 2.19. The second-order valence-electron chi connectivity index (χ2n) is 11.7. The topological polar surface area (TPSA) is 117 Å². The van der Waals surface area contributed by atoms with Gasteiger partial charge in [-0.25, -0.2) is 4.79 Å². The van der Waals surface area contributed by atoms with Gasteiger partial charge in [0.25, 0.3) is 5.91 Å². The molecule has 0 aromatic heterocycles. The van der Waals surface area contributed by atoms with Crippen molar-refractivity contribution in [3.63, 3.8) is 0 Å². The zero-order chi connectivity index (χ0) is 28.9. The first-order chi connectivity index (χ1) is 19.1. The minimum absolute atomic E-state index is 0.0469. The lowest BCUT2D eigenvalue weighted by Crippen LogP contribution is -2.48. The number of carboxylic acid groups (broad SMARTS) is 1. The van der Waals surface area contributed by atoms with Gasteiger partial charge in [0.1, 0.15) is 11.5 Å². The standard InChI is InChI=1S/C31H41N3O6/c1-31(2,3)21-6-10-23(11-7-21)34(30(38)33-22-8-12-24(39-4)13-9-22)26-16-18-40-27-19-20(5-14-25(26)27)29(37)32-17-15-28(35)36/h5,8-9,12-14,19,21,23,26H,6-7,10-11,15-18H2,1-4H3,(H,32,37)(H,33,38)(H,35,36). The number of benzene rings is 2. The molecule has 4 rings (SSSR count). The Morgan fingerprint density at radius 1 is 1.02 bits per heavy atom. The number of rotatable bonds is 8. The van der Waals surface area contributed by atoms with Gasteiger partial charge < -0.3 is 30.1 Å². The maximum atomic E-state index is 13.9. The number of carbonyl (C=O) groups excluding carboxylic acids is 2. The van der Waals surface area contributed by atoms with Crippen molar-refractivity contribution in [2.24, 2.45) is 11.3 Å². The van der Waals surface area contributed by atoms with E-state index in [-0.39, 0.29) is 42.4 Å². The van der Waals surface area contributed by atoms with Crippen LogP contribution in [0.1, 0.15) is 81.3 Å². The molecule has 9 heteroatoms. The fourth-order valence-electron chi connectivity index (χ4n) is 5.83. The summed E-state index contributed by atoms with van der Waals surface area (Å²) in [4.78, 5) is 39.3. The number of nitrogens with one attached hydrogen (secondary N) is 2. The second-order valence-corrected chi connectivity index (χ2v) is 11.7. The maximum Gasteiger partial charge on any atom is 0.322 e. The van der Waals surface area contributed by atoms with E-state index in [0.717, 1.165) is 37.0 Å². The molecule has 2 aromatic carbocycles. The summed E-state index contributed by atoms with van der Waals surface area (Å²) in [7, 11) is 1.61. The van der Waals surface area contributed by atoms with Crippen LogP contribution in [0, 0.1) is 11.3 Å². The Morgan fingerprint density at radius 3 is 2.35 bits per heavy atom. The van der Waals surface area contributed by atoms with Crippen LogP contribution in [0.15, 0.2) is 42.5 Å². The van der Waals surface area contributed by atoms with Crippen molar-refractivity contribution in [3.8, 4) is 11.5 Å². The van der Waals surface area contributed by atoms with Gasteiger partial charge in [0, 0.05) is 35.8 Å². The van der Waals surface area contributed by atoms with Gasteiger partial charge in [-0.2, -0.15) is 0 Å². The molecular weight excluding hydrogens is 510 g/mol. The van der Waals surface area contributed by atoms with Crippen LogP contribution in [0.2, 0.25) is 0 Å². The molecular formula is C31H41N3O6. The van der Waals surface area contributed by atoms with E-state index in [1.165, 1.54) is 0 Å². The number of urea groups is 1. The van der Waals surface area contributed by atoms with Gasteiger partial charge in [0.2, 0.25) is 0 Å². The Kier molecular flexibility index (Phi) is 9.22. The summed E-state index contributed by atoms with van der Waals surface area (Å²) in [6, 6.07) is 12.3. The van der Waals surface area contributed by atoms with Crippen molar-refractivity contribution in [1.29, 1.82) is 0 Å². The third-order valence-corrected chi connectivity index (χ3v) is 8.13. The summed E-state index contributed by atoms with van der Waals surface area (Å²) in [6.07, 6.45) is 4.47. The number of ether oxygens (including phenoxy) is 2. The monoisotopic (exact) mass is 551 g/mol. The highest BCUT2D eigenvalue weighted by Crippen LogP contribution is 2.44. The molecule has 0 spiro atoms. The van der Waals surface area contributed by atoms with Gasteiger partial charge in [-0.15, -0.1) is 0 Å². The molecule has 1 unspecified atom stereocenters. The van der Waals surface area contributed by atoms with Crippen LogP contribution in [0.25, 0.3) is 0 Å². The highest BCUT2D eigenvalue weighted by molar-refractivity contribution is 5.95. The smallest absolute Gasteiger partial charge is 0.322 e. The van der Waals surface area contributed by atoms with Crippen LogP contribution in [-0.2, 0) is 4.79 Å². The summed E-state index contributed by atoms with van der Waals surface area (Å²) in [5, 5.41) is 14.6. The predicted octanol–water partition coefficient (Wildman–Crippen LogP) is 5.86. The van der Waals surface area contributed by atoms with E-state index in [2.05, 4.69) is 31.4 Å². The normalized spacial score (nSPS) is 20.4. The van der Waals surface area contributed by atoms with Crippen LogP contribution < -0.4 is 20.1 Å². The summed E-state index contributed by atoms with van der Waals surface area (Å²) in [6.45, 7) is 7.33. The molecule has 1 heterocycles. The Balaban J connectivity index is 1.58. The van der Waals surface area contributed by atoms with Gasteiger partial charge >= 0.3 is 12.0 Å². The first-order valence-corrected chi connectivity index (χ1v) is 14.1. The predicted molar refractivity (Wildman–Crippen MR) is 153 cm³/mol. The lowest BCUT2D eigenvalue weighted by Gasteiger charge is -2.45. The Bertz CT molecular complexity index is 1200. The molecule has 2 aromatic rings. The average Bonchev–Trinajstić information content (AvgIpc) is 2.93. The molecule has 1 aliphatic heterocycles. The van der Waals surface area contributed by atoms with Gasteiger partial charge in [-0.05, 0) is 73.4 Å². The lowest BCUT2D eigenvalue weighted by atomic mass is 9.71. The maximum absolute atomic E-state index is 13.9. The van der Waals surface area contributed by atoms with Crippen molar-refractivity contribution in [3.05, 3.63) is 53.6 Å². The van der Waals surface area contributed by atoms with E-state index in [4.69, 9.17) is 14.6 Å². The number of nitrogens with zero attached hydrogens (tertiary/aromatic N) is 1. The Labute approximate surface area is 236 Å². The first-order valence-electron chi connectivity index (χ1n) is 14.1. The number of amides is 3. The van der Waals surface area contributed by atoms with Crippen LogP contribution in [-0.4, -0.2) is 54.2 Å². The van der Waals surface area contributed by atoms with Crippen LogP contribution in [0.4, 0.5) is 10.5 Å². The minimum Gasteiger partial charge on any atom is -0.497 e. The van der Waals surface area contributed by atoms with Crippen LogP contribution in [0.3, 0.4) is 0 Å². The summed E-state index contributed by atoms with van der Waals surface area (Å²) >= 11 is 0. The number of fused-ring (bicyclic) bond motifs is 1. The second kappa shape index (κ2) is 12.6. The molecule has 216 valence electrons. The van der Waals surface area contributed by atoms with E-state index < -0.39 is 5.97 Å². The van der Waals surface area contributed by atoms with Crippen molar-refractivity contribution in [2.45, 2.75) is 71.4 Å². The molecule has 0 saturated heterocycles. The molecule has 1 atom stereocenters. The molecule has 3 N–H and O–H groups in total. The number of aliphatic carboxylic acids is 1. The Hall–Kier alpha value is -3.75. The fraction of sp³-hybridized carbons (Fsp3) is 0.516.